The first-order valence-corrected chi connectivity index (χ1v) is 12.2. The van der Waals surface area contributed by atoms with E-state index in [1.54, 1.807) is 30.3 Å². The molecule has 0 saturated carbocycles. The first-order valence-electron chi connectivity index (χ1n) is 10.7. The summed E-state index contributed by atoms with van der Waals surface area (Å²) in [4.78, 5) is 38.7. The Hall–Kier alpha value is -3.43. The van der Waals surface area contributed by atoms with Crippen molar-refractivity contribution in [2.75, 3.05) is 11.9 Å². The minimum absolute atomic E-state index is 0.0601. The van der Waals surface area contributed by atoms with E-state index in [-0.39, 0.29) is 5.70 Å². The lowest BCUT2D eigenvalue weighted by atomic mass is 10.1. The van der Waals surface area contributed by atoms with Gasteiger partial charge in [-0.3, -0.25) is 9.59 Å². The molecular weight excluding hydrogens is 578 g/mol. The van der Waals surface area contributed by atoms with E-state index in [0.717, 1.165) is 25.0 Å². The molecule has 0 aromatic heterocycles. The maximum Gasteiger partial charge on any atom is 0.329 e. The molecule has 1 aliphatic rings. The van der Waals surface area contributed by atoms with Gasteiger partial charge in [0.2, 0.25) is 5.91 Å². The number of carbonyl (C=O) groups is 3. The zero-order valence-electron chi connectivity index (χ0n) is 18.7. The van der Waals surface area contributed by atoms with Crippen molar-refractivity contribution in [3.05, 3.63) is 98.1 Å². The molecule has 4 rings (SSSR count). The average Bonchev–Trinajstić information content (AvgIpc) is 3.07. The van der Waals surface area contributed by atoms with Crippen LogP contribution in [-0.2, 0) is 16.2 Å². The quantitative estimate of drug-likeness (QED) is 0.272. The lowest BCUT2D eigenvalue weighted by Gasteiger charge is -2.12. The summed E-state index contributed by atoms with van der Waals surface area (Å²) in [6.07, 6.45) is 1.54. The van der Waals surface area contributed by atoms with Crippen molar-refractivity contribution < 1.29 is 19.1 Å². The molecule has 2 N–H and O–H groups in total. The molecule has 0 aliphatic carbocycles. The Balaban J connectivity index is 1.48. The SMILES string of the molecule is Cc1cccc(NC(=O)CN2C(=O)N/C(=C/c3cc(Br)ccc3OCc3ccc(Br)cc3)C2=O)c1. The van der Waals surface area contributed by atoms with Gasteiger partial charge in [-0.15, -0.1) is 0 Å². The molecule has 178 valence electrons. The van der Waals surface area contributed by atoms with Gasteiger partial charge in [0.1, 0.15) is 24.6 Å². The summed E-state index contributed by atoms with van der Waals surface area (Å²) in [5.74, 6) is -0.518. The van der Waals surface area contributed by atoms with E-state index in [1.807, 2.05) is 49.4 Å². The number of nitrogens with zero attached hydrogens (tertiary/aromatic N) is 1. The third kappa shape index (κ3) is 6.37. The fourth-order valence-electron chi connectivity index (χ4n) is 3.44. The molecule has 0 spiro atoms. The van der Waals surface area contributed by atoms with Crippen LogP contribution in [-0.4, -0.2) is 29.3 Å². The maximum atomic E-state index is 12.9. The third-order valence-electron chi connectivity index (χ3n) is 5.15. The van der Waals surface area contributed by atoms with Gasteiger partial charge in [-0.25, -0.2) is 9.69 Å². The summed E-state index contributed by atoms with van der Waals surface area (Å²) in [7, 11) is 0. The second kappa shape index (κ2) is 10.9. The van der Waals surface area contributed by atoms with E-state index in [1.165, 1.54) is 0 Å². The first kappa shape index (κ1) is 24.7. The highest BCUT2D eigenvalue weighted by molar-refractivity contribution is 9.10. The smallest absolute Gasteiger partial charge is 0.329 e. The van der Waals surface area contributed by atoms with Crippen molar-refractivity contribution in [2.45, 2.75) is 13.5 Å². The highest BCUT2D eigenvalue weighted by Gasteiger charge is 2.35. The van der Waals surface area contributed by atoms with E-state index < -0.39 is 24.4 Å². The van der Waals surface area contributed by atoms with Crippen molar-refractivity contribution >= 4 is 61.5 Å². The normalized spacial score (nSPS) is 14.3. The van der Waals surface area contributed by atoms with E-state index >= 15 is 0 Å². The minimum Gasteiger partial charge on any atom is -0.488 e. The highest BCUT2D eigenvalue weighted by atomic mass is 79.9. The van der Waals surface area contributed by atoms with Crippen LogP contribution in [0.3, 0.4) is 0 Å². The molecule has 3 aromatic carbocycles. The summed E-state index contributed by atoms with van der Waals surface area (Å²) in [5.41, 5.74) is 3.22. The highest BCUT2D eigenvalue weighted by Crippen LogP contribution is 2.27. The van der Waals surface area contributed by atoms with Crippen molar-refractivity contribution in [3.63, 3.8) is 0 Å². The number of rotatable bonds is 7. The largest absolute Gasteiger partial charge is 0.488 e. The number of nitrogens with one attached hydrogen (secondary N) is 2. The summed E-state index contributed by atoms with van der Waals surface area (Å²) < 4.78 is 7.73. The van der Waals surface area contributed by atoms with Gasteiger partial charge >= 0.3 is 6.03 Å². The van der Waals surface area contributed by atoms with Crippen LogP contribution in [0.1, 0.15) is 16.7 Å². The maximum absolute atomic E-state index is 12.9. The third-order valence-corrected chi connectivity index (χ3v) is 6.17. The summed E-state index contributed by atoms with van der Waals surface area (Å²) in [5, 5.41) is 5.26. The van der Waals surface area contributed by atoms with Crippen LogP contribution in [0.15, 0.2) is 81.4 Å². The Morgan fingerprint density at radius 1 is 1.03 bits per heavy atom. The van der Waals surface area contributed by atoms with Gasteiger partial charge in [-0.2, -0.15) is 0 Å². The number of aryl methyl sites for hydroxylation is 1. The molecule has 0 bridgehead atoms. The standard InChI is InChI=1S/C26H21Br2N3O4/c1-16-3-2-4-21(11-16)29-24(32)14-31-25(33)22(30-26(31)34)13-18-12-20(28)9-10-23(18)35-15-17-5-7-19(27)8-6-17/h2-13H,14-15H2,1H3,(H,29,32)(H,30,34)/b22-13+. The second-order valence-electron chi connectivity index (χ2n) is 7.89. The van der Waals surface area contributed by atoms with Gasteiger partial charge in [-0.05, 0) is 66.6 Å². The number of urea groups is 1. The second-order valence-corrected chi connectivity index (χ2v) is 9.73. The fraction of sp³-hybridized carbons (Fsp3) is 0.115. The Morgan fingerprint density at radius 2 is 1.77 bits per heavy atom. The van der Waals surface area contributed by atoms with E-state index in [9.17, 15) is 14.4 Å². The lowest BCUT2D eigenvalue weighted by molar-refractivity contribution is -0.127. The molecule has 9 heteroatoms. The number of amides is 4. The number of imide groups is 1. The summed E-state index contributed by atoms with van der Waals surface area (Å²) in [6.45, 7) is 1.83. The predicted octanol–water partition coefficient (Wildman–Crippen LogP) is 5.63. The van der Waals surface area contributed by atoms with Gasteiger partial charge < -0.3 is 15.4 Å². The minimum atomic E-state index is -0.659. The Kier molecular flexibility index (Phi) is 7.67. The molecule has 1 fully saturated rings. The Bertz CT molecular complexity index is 1320. The average molecular weight is 599 g/mol. The first-order chi connectivity index (χ1) is 16.8. The topological polar surface area (TPSA) is 87.7 Å². The Morgan fingerprint density at radius 3 is 2.51 bits per heavy atom. The van der Waals surface area contributed by atoms with Crippen molar-refractivity contribution in [1.82, 2.24) is 10.2 Å². The zero-order chi connectivity index (χ0) is 24.9. The molecule has 1 heterocycles. The molecule has 4 amide bonds. The van der Waals surface area contributed by atoms with Crippen molar-refractivity contribution in [1.29, 1.82) is 0 Å². The van der Waals surface area contributed by atoms with Gasteiger partial charge in [0, 0.05) is 20.2 Å². The number of hydrogen-bond acceptors (Lipinski definition) is 4. The molecular formula is C26H21Br2N3O4. The van der Waals surface area contributed by atoms with Gasteiger partial charge in [0.25, 0.3) is 5.91 Å². The number of ether oxygens (including phenoxy) is 1. The molecule has 0 atom stereocenters. The zero-order valence-corrected chi connectivity index (χ0v) is 21.9. The van der Waals surface area contributed by atoms with Crippen LogP contribution in [0.2, 0.25) is 0 Å². The van der Waals surface area contributed by atoms with Crippen LogP contribution < -0.4 is 15.4 Å². The van der Waals surface area contributed by atoms with E-state index in [2.05, 4.69) is 42.5 Å². The van der Waals surface area contributed by atoms with Gasteiger partial charge in [0.15, 0.2) is 0 Å². The molecule has 35 heavy (non-hydrogen) atoms. The van der Waals surface area contributed by atoms with Crippen LogP contribution in [0.25, 0.3) is 6.08 Å². The number of anilines is 1. The molecule has 1 saturated heterocycles. The number of hydrogen-bond donors (Lipinski definition) is 2. The van der Waals surface area contributed by atoms with Gasteiger partial charge in [0.05, 0.1) is 0 Å². The summed E-state index contributed by atoms with van der Waals surface area (Å²) >= 11 is 6.84. The van der Waals surface area contributed by atoms with Crippen LogP contribution in [0.4, 0.5) is 10.5 Å². The molecule has 0 radical (unpaired) electrons. The number of halogens is 2. The lowest BCUT2D eigenvalue weighted by Crippen LogP contribution is -2.38. The van der Waals surface area contributed by atoms with Crippen molar-refractivity contribution in [3.8, 4) is 5.75 Å². The summed E-state index contributed by atoms with van der Waals surface area (Å²) in [6, 6.07) is 19.8. The molecule has 1 aliphatic heterocycles. The molecule has 0 unspecified atom stereocenters. The van der Waals surface area contributed by atoms with Crippen molar-refractivity contribution in [2.24, 2.45) is 0 Å². The van der Waals surface area contributed by atoms with Crippen LogP contribution in [0, 0.1) is 6.92 Å². The van der Waals surface area contributed by atoms with E-state index in [0.29, 0.717) is 23.6 Å². The molecule has 3 aromatic rings. The monoisotopic (exact) mass is 597 g/mol. The predicted molar refractivity (Wildman–Crippen MR) is 141 cm³/mol. The Labute approximate surface area is 219 Å². The van der Waals surface area contributed by atoms with Gasteiger partial charge in [-0.1, -0.05) is 56.1 Å². The fourth-order valence-corrected chi connectivity index (χ4v) is 4.09. The number of carbonyl (C=O) groups excluding carboxylic acids is 3. The number of benzene rings is 3. The molecule has 7 nitrogen and oxygen atoms in total. The van der Waals surface area contributed by atoms with Crippen LogP contribution >= 0.6 is 31.9 Å². The van der Waals surface area contributed by atoms with E-state index in [4.69, 9.17) is 4.74 Å². The van der Waals surface area contributed by atoms with Crippen LogP contribution in [0.5, 0.6) is 5.75 Å².